The van der Waals surface area contributed by atoms with Gasteiger partial charge < -0.3 is 4.74 Å². The van der Waals surface area contributed by atoms with E-state index in [4.69, 9.17) is 27.9 Å². The standard InChI is InChI=1S/C18H11Cl2NO4S/c19-13-5-4-11(7-14(13)20)9-16(22)25-12-3-1-2-10(6-12)8-15-17(23)21-18(24)26-15/h1-8H,9H2,(H,21,23,24)/b15-8-. The fraction of sp³-hybridized carbons (Fsp3) is 0.0556. The summed E-state index contributed by atoms with van der Waals surface area (Å²) < 4.78 is 5.32. The highest BCUT2D eigenvalue weighted by Crippen LogP contribution is 2.27. The average molecular weight is 408 g/mol. The Bertz CT molecular complexity index is 943. The van der Waals surface area contributed by atoms with Crippen molar-refractivity contribution in [1.29, 1.82) is 0 Å². The van der Waals surface area contributed by atoms with E-state index >= 15 is 0 Å². The molecule has 132 valence electrons. The van der Waals surface area contributed by atoms with Gasteiger partial charge in [0, 0.05) is 0 Å². The topological polar surface area (TPSA) is 72.5 Å². The summed E-state index contributed by atoms with van der Waals surface area (Å²) >= 11 is 12.6. The Kier molecular flexibility index (Phi) is 5.66. The van der Waals surface area contributed by atoms with E-state index in [0.29, 0.717) is 26.9 Å². The van der Waals surface area contributed by atoms with E-state index in [9.17, 15) is 14.4 Å². The highest BCUT2D eigenvalue weighted by Gasteiger charge is 2.24. The van der Waals surface area contributed by atoms with Crippen LogP contribution in [0.15, 0.2) is 47.4 Å². The number of hydrogen-bond acceptors (Lipinski definition) is 5. The van der Waals surface area contributed by atoms with Gasteiger partial charge in [-0.15, -0.1) is 0 Å². The number of carbonyl (C=O) groups is 3. The molecule has 0 bridgehead atoms. The highest BCUT2D eigenvalue weighted by molar-refractivity contribution is 8.18. The summed E-state index contributed by atoms with van der Waals surface area (Å²) in [5, 5.41) is 2.55. The van der Waals surface area contributed by atoms with E-state index in [-0.39, 0.29) is 11.3 Å². The van der Waals surface area contributed by atoms with Gasteiger partial charge in [-0.1, -0.05) is 41.4 Å². The van der Waals surface area contributed by atoms with Crippen molar-refractivity contribution in [2.24, 2.45) is 0 Å². The normalized spacial score (nSPS) is 15.2. The molecule has 0 atom stereocenters. The number of imide groups is 1. The Labute approximate surface area is 163 Å². The second-order valence-electron chi connectivity index (χ2n) is 5.32. The number of thioether (sulfide) groups is 1. The number of esters is 1. The Morgan fingerprint density at radius 2 is 1.92 bits per heavy atom. The Balaban J connectivity index is 1.69. The maximum atomic E-state index is 12.1. The van der Waals surface area contributed by atoms with E-state index < -0.39 is 17.1 Å². The molecule has 0 radical (unpaired) electrons. The van der Waals surface area contributed by atoms with Crippen LogP contribution in [0.25, 0.3) is 6.08 Å². The first-order valence-electron chi connectivity index (χ1n) is 7.40. The monoisotopic (exact) mass is 407 g/mol. The zero-order chi connectivity index (χ0) is 18.7. The van der Waals surface area contributed by atoms with Crippen LogP contribution in [0.4, 0.5) is 4.79 Å². The summed E-state index contributed by atoms with van der Waals surface area (Å²) in [5.74, 6) is -0.572. The van der Waals surface area contributed by atoms with Gasteiger partial charge >= 0.3 is 5.97 Å². The first kappa shape index (κ1) is 18.5. The van der Waals surface area contributed by atoms with Gasteiger partial charge in [-0.25, -0.2) is 0 Å². The van der Waals surface area contributed by atoms with Gasteiger partial charge in [0.2, 0.25) is 0 Å². The first-order chi connectivity index (χ1) is 12.4. The predicted molar refractivity (Wildman–Crippen MR) is 101 cm³/mol. The molecule has 3 rings (SSSR count). The molecule has 5 nitrogen and oxygen atoms in total. The second kappa shape index (κ2) is 7.95. The number of hydrogen-bond donors (Lipinski definition) is 1. The largest absolute Gasteiger partial charge is 0.426 e. The third-order valence-electron chi connectivity index (χ3n) is 3.36. The van der Waals surface area contributed by atoms with Gasteiger partial charge in [0.25, 0.3) is 11.1 Å². The predicted octanol–water partition coefficient (Wildman–Crippen LogP) is 4.47. The minimum Gasteiger partial charge on any atom is -0.426 e. The molecule has 1 fully saturated rings. The van der Waals surface area contributed by atoms with Crippen LogP contribution in [-0.4, -0.2) is 17.1 Å². The Morgan fingerprint density at radius 3 is 2.62 bits per heavy atom. The number of benzene rings is 2. The number of ether oxygens (including phenoxy) is 1. The van der Waals surface area contributed by atoms with Crippen molar-refractivity contribution in [2.75, 3.05) is 0 Å². The quantitative estimate of drug-likeness (QED) is 0.459. The molecular formula is C18H11Cl2NO4S. The summed E-state index contributed by atoms with van der Waals surface area (Å²) in [7, 11) is 0. The minimum absolute atomic E-state index is 0.0367. The van der Waals surface area contributed by atoms with Crippen LogP contribution in [0, 0.1) is 0 Å². The number of nitrogens with one attached hydrogen (secondary N) is 1. The molecule has 26 heavy (non-hydrogen) atoms. The van der Waals surface area contributed by atoms with Crippen LogP contribution < -0.4 is 10.1 Å². The molecule has 0 saturated carbocycles. The van der Waals surface area contributed by atoms with E-state index in [1.54, 1.807) is 48.5 Å². The van der Waals surface area contributed by atoms with Gasteiger partial charge in [0.15, 0.2) is 0 Å². The SMILES string of the molecule is O=C(Cc1ccc(Cl)c(Cl)c1)Oc1cccc(/C=C2\SC(=O)NC2=O)c1. The summed E-state index contributed by atoms with van der Waals surface area (Å²) in [6, 6.07) is 11.6. The maximum absolute atomic E-state index is 12.1. The lowest BCUT2D eigenvalue weighted by Crippen LogP contribution is -2.17. The summed E-state index contributed by atoms with van der Waals surface area (Å²) in [4.78, 5) is 35.2. The second-order valence-corrected chi connectivity index (χ2v) is 7.15. The molecule has 1 saturated heterocycles. The molecule has 8 heteroatoms. The molecule has 0 spiro atoms. The van der Waals surface area contributed by atoms with Crippen molar-refractivity contribution >= 4 is 58.2 Å². The molecule has 2 aromatic carbocycles. The van der Waals surface area contributed by atoms with Crippen molar-refractivity contribution in [3.8, 4) is 5.75 Å². The number of amides is 2. The van der Waals surface area contributed by atoms with E-state index in [0.717, 1.165) is 11.8 Å². The summed E-state index contributed by atoms with van der Waals surface area (Å²) in [5.41, 5.74) is 1.32. The summed E-state index contributed by atoms with van der Waals surface area (Å²) in [6.45, 7) is 0. The fourth-order valence-corrected chi connectivity index (χ4v) is 3.23. The van der Waals surface area contributed by atoms with Crippen molar-refractivity contribution in [3.05, 3.63) is 68.5 Å². The number of rotatable bonds is 4. The first-order valence-corrected chi connectivity index (χ1v) is 8.97. The molecule has 2 aromatic rings. The zero-order valence-corrected chi connectivity index (χ0v) is 15.5. The molecule has 2 amide bonds. The maximum Gasteiger partial charge on any atom is 0.315 e. The van der Waals surface area contributed by atoms with E-state index in [1.807, 2.05) is 0 Å². The number of halogens is 2. The third-order valence-corrected chi connectivity index (χ3v) is 4.91. The van der Waals surface area contributed by atoms with Crippen LogP contribution >= 0.6 is 35.0 Å². The summed E-state index contributed by atoms with van der Waals surface area (Å²) in [6.07, 6.45) is 1.59. The molecule has 0 aromatic heterocycles. The van der Waals surface area contributed by atoms with Crippen LogP contribution in [0.1, 0.15) is 11.1 Å². The molecule has 1 heterocycles. The molecular weight excluding hydrogens is 397 g/mol. The van der Waals surface area contributed by atoms with Crippen LogP contribution in [-0.2, 0) is 16.0 Å². The van der Waals surface area contributed by atoms with E-state index in [2.05, 4.69) is 5.32 Å². The molecule has 0 unspecified atom stereocenters. The van der Waals surface area contributed by atoms with Gasteiger partial charge in [-0.3, -0.25) is 19.7 Å². The molecule has 0 aliphatic carbocycles. The van der Waals surface area contributed by atoms with Crippen molar-refractivity contribution in [2.45, 2.75) is 6.42 Å². The van der Waals surface area contributed by atoms with Gasteiger partial charge in [-0.2, -0.15) is 0 Å². The van der Waals surface area contributed by atoms with Crippen LogP contribution in [0.2, 0.25) is 10.0 Å². The lowest BCUT2D eigenvalue weighted by atomic mass is 10.1. The van der Waals surface area contributed by atoms with E-state index in [1.165, 1.54) is 0 Å². The van der Waals surface area contributed by atoms with Crippen LogP contribution in [0.5, 0.6) is 5.75 Å². The van der Waals surface area contributed by atoms with Gasteiger partial charge in [0.1, 0.15) is 5.75 Å². The number of carbonyl (C=O) groups excluding carboxylic acids is 3. The minimum atomic E-state index is -0.462. The lowest BCUT2D eigenvalue weighted by molar-refractivity contribution is -0.133. The van der Waals surface area contributed by atoms with Gasteiger partial charge in [-0.05, 0) is 53.2 Å². The molecule has 1 N–H and O–H groups in total. The Hall–Kier alpha value is -2.28. The van der Waals surface area contributed by atoms with Gasteiger partial charge in [0.05, 0.1) is 21.4 Å². The van der Waals surface area contributed by atoms with Crippen LogP contribution in [0.3, 0.4) is 0 Å². The third kappa shape index (κ3) is 4.66. The lowest BCUT2D eigenvalue weighted by Gasteiger charge is -2.06. The van der Waals surface area contributed by atoms with Crippen molar-refractivity contribution < 1.29 is 19.1 Å². The zero-order valence-electron chi connectivity index (χ0n) is 13.1. The highest BCUT2D eigenvalue weighted by atomic mass is 35.5. The van der Waals surface area contributed by atoms with Crippen molar-refractivity contribution in [3.63, 3.8) is 0 Å². The fourth-order valence-electron chi connectivity index (χ4n) is 2.22. The molecule has 1 aliphatic rings. The smallest absolute Gasteiger partial charge is 0.315 e. The van der Waals surface area contributed by atoms with Crippen molar-refractivity contribution in [1.82, 2.24) is 5.32 Å². The Morgan fingerprint density at radius 1 is 1.12 bits per heavy atom. The average Bonchev–Trinajstić information content (AvgIpc) is 2.88. The molecule has 1 aliphatic heterocycles.